The van der Waals surface area contributed by atoms with E-state index in [1.807, 2.05) is 12.1 Å². The van der Waals surface area contributed by atoms with Gasteiger partial charge in [0.2, 0.25) is 0 Å². The van der Waals surface area contributed by atoms with Crippen molar-refractivity contribution in [1.29, 1.82) is 0 Å². The Morgan fingerprint density at radius 3 is 1.74 bits per heavy atom. The summed E-state index contributed by atoms with van der Waals surface area (Å²) in [6.45, 7) is 3.42. The SMILES string of the molecule is CC(SC(C)C(=O)N/N=C/c1cccnc1)C(=O)N/N=C/c1cccnc1. The number of aromatic nitrogens is 2. The van der Waals surface area contributed by atoms with Crippen molar-refractivity contribution >= 4 is 36.0 Å². The van der Waals surface area contributed by atoms with Gasteiger partial charge in [0.25, 0.3) is 11.8 Å². The molecule has 0 bridgehead atoms. The Kier molecular flexibility index (Phi) is 8.11. The third-order valence-corrected chi connectivity index (χ3v) is 4.54. The van der Waals surface area contributed by atoms with Crippen LogP contribution in [-0.4, -0.2) is 44.7 Å². The fourth-order valence-corrected chi connectivity index (χ4v) is 2.82. The summed E-state index contributed by atoms with van der Waals surface area (Å²) in [5.41, 5.74) is 6.46. The van der Waals surface area contributed by atoms with E-state index >= 15 is 0 Å². The number of hydrazone groups is 2. The van der Waals surface area contributed by atoms with Crippen molar-refractivity contribution in [3.63, 3.8) is 0 Å². The van der Waals surface area contributed by atoms with Crippen LogP contribution in [0.2, 0.25) is 0 Å². The van der Waals surface area contributed by atoms with E-state index in [2.05, 4.69) is 31.0 Å². The fraction of sp³-hybridized carbons (Fsp3) is 0.222. The lowest BCUT2D eigenvalue weighted by atomic mass is 10.3. The largest absolute Gasteiger partial charge is 0.272 e. The first kappa shape index (κ1) is 20.2. The summed E-state index contributed by atoms with van der Waals surface area (Å²) in [4.78, 5) is 32.0. The number of hydrogen-bond donors (Lipinski definition) is 2. The molecule has 27 heavy (non-hydrogen) atoms. The lowest BCUT2D eigenvalue weighted by molar-refractivity contribution is -0.120. The number of rotatable bonds is 8. The Bertz CT molecular complexity index is 731. The molecule has 2 atom stereocenters. The molecule has 2 heterocycles. The Hall–Kier alpha value is -3.07. The highest BCUT2D eigenvalue weighted by molar-refractivity contribution is 8.01. The Balaban J connectivity index is 1.75. The van der Waals surface area contributed by atoms with Gasteiger partial charge in [0.1, 0.15) is 0 Å². The molecule has 0 aromatic carbocycles. The van der Waals surface area contributed by atoms with Crippen LogP contribution >= 0.6 is 11.8 Å². The molecule has 2 aromatic rings. The van der Waals surface area contributed by atoms with Crippen molar-refractivity contribution in [2.24, 2.45) is 10.2 Å². The molecule has 0 saturated heterocycles. The topological polar surface area (TPSA) is 109 Å². The van der Waals surface area contributed by atoms with Crippen LogP contribution in [0.15, 0.2) is 59.3 Å². The molecule has 2 amide bonds. The number of carbonyl (C=O) groups excluding carboxylic acids is 2. The summed E-state index contributed by atoms with van der Waals surface area (Å²) in [5.74, 6) is -0.586. The Labute approximate surface area is 161 Å². The molecule has 0 aliphatic carbocycles. The van der Waals surface area contributed by atoms with E-state index in [-0.39, 0.29) is 11.8 Å². The van der Waals surface area contributed by atoms with E-state index in [1.165, 1.54) is 24.2 Å². The molecule has 0 aliphatic heterocycles. The third kappa shape index (κ3) is 7.37. The molecule has 2 N–H and O–H groups in total. The number of pyridine rings is 2. The quantitative estimate of drug-likeness (QED) is 0.531. The minimum atomic E-state index is -0.459. The number of nitrogens with zero attached hydrogens (tertiary/aromatic N) is 4. The molecule has 0 radical (unpaired) electrons. The van der Waals surface area contributed by atoms with Gasteiger partial charge in [-0.2, -0.15) is 10.2 Å². The predicted octanol–water partition coefficient (Wildman–Crippen LogP) is 1.59. The van der Waals surface area contributed by atoms with Gasteiger partial charge in [-0.25, -0.2) is 10.9 Å². The molecule has 0 aliphatic rings. The van der Waals surface area contributed by atoms with Crippen LogP contribution in [-0.2, 0) is 9.59 Å². The van der Waals surface area contributed by atoms with Gasteiger partial charge < -0.3 is 0 Å². The normalized spacial score (nSPS) is 13.4. The molecule has 0 spiro atoms. The van der Waals surface area contributed by atoms with Crippen molar-refractivity contribution in [1.82, 2.24) is 20.8 Å². The summed E-state index contributed by atoms with van der Waals surface area (Å²) in [7, 11) is 0. The highest BCUT2D eigenvalue weighted by atomic mass is 32.2. The summed E-state index contributed by atoms with van der Waals surface area (Å²) in [6.07, 6.45) is 9.58. The van der Waals surface area contributed by atoms with Gasteiger partial charge in [-0.05, 0) is 26.0 Å². The molecule has 2 aromatic heterocycles. The van der Waals surface area contributed by atoms with Gasteiger partial charge in [0, 0.05) is 35.9 Å². The number of carbonyl (C=O) groups is 2. The molecule has 2 unspecified atom stereocenters. The van der Waals surface area contributed by atoms with Crippen LogP contribution in [0, 0.1) is 0 Å². The van der Waals surface area contributed by atoms with Crippen LogP contribution in [0.1, 0.15) is 25.0 Å². The van der Waals surface area contributed by atoms with E-state index in [9.17, 15) is 9.59 Å². The van der Waals surface area contributed by atoms with Crippen LogP contribution in [0.3, 0.4) is 0 Å². The maximum Gasteiger partial charge on any atom is 0.252 e. The lowest BCUT2D eigenvalue weighted by Crippen LogP contribution is -2.33. The average molecular weight is 384 g/mol. The monoisotopic (exact) mass is 384 g/mol. The van der Waals surface area contributed by atoms with E-state index < -0.39 is 10.5 Å². The summed E-state index contributed by atoms with van der Waals surface area (Å²) < 4.78 is 0. The molecule has 0 fully saturated rings. The van der Waals surface area contributed by atoms with Gasteiger partial charge in [0.05, 0.1) is 22.9 Å². The molecule has 0 saturated carbocycles. The van der Waals surface area contributed by atoms with Crippen molar-refractivity contribution < 1.29 is 9.59 Å². The number of nitrogens with one attached hydrogen (secondary N) is 2. The molecule has 140 valence electrons. The van der Waals surface area contributed by atoms with Crippen LogP contribution in [0.4, 0.5) is 0 Å². The van der Waals surface area contributed by atoms with Crippen LogP contribution in [0.25, 0.3) is 0 Å². The van der Waals surface area contributed by atoms with Gasteiger partial charge >= 0.3 is 0 Å². The second-order valence-corrected chi connectivity index (χ2v) is 7.15. The Morgan fingerprint density at radius 1 is 0.926 bits per heavy atom. The van der Waals surface area contributed by atoms with Crippen molar-refractivity contribution in [2.45, 2.75) is 24.3 Å². The third-order valence-electron chi connectivity index (χ3n) is 3.29. The summed E-state index contributed by atoms with van der Waals surface area (Å²) in [6, 6.07) is 7.19. The highest BCUT2D eigenvalue weighted by Crippen LogP contribution is 2.17. The predicted molar refractivity (Wildman–Crippen MR) is 106 cm³/mol. The van der Waals surface area contributed by atoms with E-state index in [1.54, 1.807) is 50.8 Å². The fourth-order valence-electron chi connectivity index (χ4n) is 1.86. The minimum absolute atomic E-state index is 0.293. The summed E-state index contributed by atoms with van der Waals surface area (Å²) in [5, 5.41) is 6.86. The van der Waals surface area contributed by atoms with Crippen molar-refractivity contribution in [2.75, 3.05) is 0 Å². The van der Waals surface area contributed by atoms with Crippen LogP contribution in [0.5, 0.6) is 0 Å². The molecular formula is C18H20N6O2S. The number of thioether (sulfide) groups is 1. The maximum absolute atomic E-state index is 12.1. The van der Waals surface area contributed by atoms with E-state index in [0.717, 1.165) is 11.1 Å². The second-order valence-electron chi connectivity index (χ2n) is 5.46. The van der Waals surface area contributed by atoms with Gasteiger partial charge in [-0.1, -0.05) is 12.1 Å². The van der Waals surface area contributed by atoms with E-state index in [0.29, 0.717) is 0 Å². The number of hydrogen-bond acceptors (Lipinski definition) is 7. The van der Waals surface area contributed by atoms with Crippen molar-refractivity contribution in [3.05, 3.63) is 60.2 Å². The Morgan fingerprint density at radius 2 is 1.37 bits per heavy atom. The molecule has 8 nitrogen and oxygen atoms in total. The molecule has 2 rings (SSSR count). The zero-order valence-corrected chi connectivity index (χ0v) is 15.8. The van der Waals surface area contributed by atoms with Gasteiger partial charge in [-0.3, -0.25) is 19.6 Å². The second kappa shape index (κ2) is 10.8. The molecule has 9 heteroatoms. The minimum Gasteiger partial charge on any atom is -0.272 e. The van der Waals surface area contributed by atoms with E-state index in [4.69, 9.17) is 0 Å². The molecular weight excluding hydrogens is 364 g/mol. The average Bonchev–Trinajstić information content (AvgIpc) is 2.69. The maximum atomic E-state index is 12.1. The first-order valence-electron chi connectivity index (χ1n) is 8.17. The smallest absolute Gasteiger partial charge is 0.252 e. The standard InChI is InChI=1S/C18H20N6O2S/c1-13(17(25)23-21-11-15-5-3-7-19-9-15)27-14(2)18(26)24-22-12-16-6-4-8-20-10-16/h3-14H,1-2H3,(H,23,25)(H,24,26)/b21-11+,22-12+. The first-order valence-corrected chi connectivity index (χ1v) is 9.12. The van der Waals surface area contributed by atoms with Crippen LogP contribution < -0.4 is 10.9 Å². The number of amides is 2. The zero-order chi connectivity index (χ0) is 19.5. The lowest BCUT2D eigenvalue weighted by Gasteiger charge is -2.14. The highest BCUT2D eigenvalue weighted by Gasteiger charge is 2.21. The summed E-state index contributed by atoms with van der Waals surface area (Å²) >= 11 is 1.21. The van der Waals surface area contributed by atoms with Gasteiger partial charge in [-0.15, -0.1) is 11.8 Å². The zero-order valence-electron chi connectivity index (χ0n) is 14.9. The first-order chi connectivity index (χ1) is 13.1. The van der Waals surface area contributed by atoms with Gasteiger partial charge in [0.15, 0.2) is 0 Å². The van der Waals surface area contributed by atoms with Crippen molar-refractivity contribution in [3.8, 4) is 0 Å².